The Morgan fingerprint density at radius 1 is 0.762 bits per heavy atom. The lowest BCUT2D eigenvalue weighted by atomic mass is 10.0. The number of hydrogen-bond donors (Lipinski definition) is 0. The Morgan fingerprint density at radius 3 is 2.33 bits per heavy atom. The van der Waals surface area contributed by atoms with Gasteiger partial charge in [0.25, 0.3) is 0 Å². The molecule has 3 aromatic rings. The molecule has 0 heterocycles. The van der Waals surface area contributed by atoms with E-state index in [-0.39, 0.29) is 0 Å². The zero-order valence-electron chi connectivity index (χ0n) is 11.6. The lowest BCUT2D eigenvalue weighted by Crippen LogP contribution is -1.87. The minimum atomic E-state index is 0.566. The Kier molecular flexibility index (Phi) is 4.27. The van der Waals surface area contributed by atoms with E-state index in [0.717, 1.165) is 10.6 Å². The van der Waals surface area contributed by atoms with Crippen molar-refractivity contribution < 1.29 is 0 Å². The Balaban J connectivity index is 1.83. The second-order valence-electron chi connectivity index (χ2n) is 4.84. The molecule has 0 saturated heterocycles. The molecule has 0 aliphatic heterocycles. The van der Waals surface area contributed by atoms with Gasteiger partial charge in [-0.05, 0) is 34.9 Å². The molecular formula is C19H16NS. The van der Waals surface area contributed by atoms with Gasteiger partial charge in [0.05, 0.1) is 5.69 Å². The normalized spacial score (nSPS) is 10.5. The van der Waals surface area contributed by atoms with E-state index >= 15 is 0 Å². The molecule has 0 aliphatic carbocycles. The Morgan fingerprint density at radius 2 is 1.52 bits per heavy atom. The summed E-state index contributed by atoms with van der Waals surface area (Å²) < 4.78 is 0. The van der Waals surface area contributed by atoms with Crippen LogP contribution in [-0.2, 0) is 5.75 Å². The summed E-state index contributed by atoms with van der Waals surface area (Å²) in [7, 11) is 0. The molecule has 0 bridgehead atoms. The summed E-state index contributed by atoms with van der Waals surface area (Å²) in [5, 5.41) is 0. The summed E-state index contributed by atoms with van der Waals surface area (Å²) in [6, 6.07) is 26.7. The number of hydrogen-bond acceptors (Lipinski definition) is 1. The fourth-order valence-corrected chi connectivity index (χ4v) is 3.25. The molecule has 2 heteroatoms. The van der Waals surface area contributed by atoms with E-state index in [0.29, 0.717) is 5.69 Å². The van der Waals surface area contributed by atoms with Crippen LogP contribution in [0.25, 0.3) is 11.1 Å². The molecule has 0 aromatic heterocycles. The van der Waals surface area contributed by atoms with Crippen molar-refractivity contribution in [2.45, 2.75) is 10.6 Å². The summed E-state index contributed by atoms with van der Waals surface area (Å²) in [4.78, 5) is 1.14. The van der Waals surface area contributed by atoms with E-state index in [1.54, 1.807) is 11.8 Å². The zero-order valence-corrected chi connectivity index (χ0v) is 12.4. The van der Waals surface area contributed by atoms with Crippen LogP contribution in [0.4, 0.5) is 5.69 Å². The van der Waals surface area contributed by atoms with Crippen molar-refractivity contribution in [3.05, 3.63) is 84.4 Å². The second-order valence-corrected chi connectivity index (χ2v) is 5.89. The SMILES string of the molecule is [NH]c1cccc(SCc2ccccc2-c2ccccc2)c1. The third kappa shape index (κ3) is 3.47. The average Bonchev–Trinajstić information content (AvgIpc) is 2.54. The predicted molar refractivity (Wildman–Crippen MR) is 90.6 cm³/mol. The highest BCUT2D eigenvalue weighted by Gasteiger charge is 2.05. The van der Waals surface area contributed by atoms with Gasteiger partial charge in [-0.2, -0.15) is 0 Å². The van der Waals surface area contributed by atoms with Gasteiger partial charge in [0.15, 0.2) is 0 Å². The minimum absolute atomic E-state index is 0.566. The second kappa shape index (κ2) is 6.51. The molecule has 0 fully saturated rings. The molecular weight excluding hydrogens is 274 g/mol. The molecule has 0 saturated carbocycles. The first-order chi connectivity index (χ1) is 10.3. The van der Waals surface area contributed by atoms with Crippen LogP contribution in [0, 0.1) is 0 Å². The van der Waals surface area contributed by atoms with Gasteiger partial charge in [-0.25, -0.2) is 0 Å². The van der Waals surface area contributed by atoms with E-state index in [4.69, 9.17) is 5.73 Å². The van der Waals surface area contributed by atoms with E-state index < -0.39 is 0 Å². The van der Waals surface area contributed by atoms with Gasteiger partial charge in [-0.3, -0.25) is 0 Å². The van der Waals surface area contributed by atoms with Gasteiger partial charge in [-0.15, -0.1) is 11.8 Å². The largest absolute Gasteiger partial charge is 0.301 e. The van der Waals surface area contributed by atoms with Crippen molar-refractivity contribution in [1.29, 1.82) is 0 Å². The van der Waals surface area contributed by atoms with Crippen molar-refractivity contribution in [2.75, 3.05) is 0 Å². The molecule has 0 unspecified atom stereocenters. The lowest BCUT2D eigenvalue weighted by molar-refractivity contribution is 1.35. The highest BCUT2D eigenvalue weighted by molar-refractivity contribution is 7.98. The molecule has 0 aliphatic rings. The number of rotatable bonds is 4. The maximum atomic E-state index is 7.68. The molecule has 3 aromatic carbocycles. The van der Waals surface area contributed by atoms with Crippen LogP contribution in [-0.4, -0.2) is 0 Å². The maximum absolute atomic E-state index is 7.68. The standard InChI is InChI=1S/C19H16NS/c20-17-10-6-11-18(13-17)21-14-16-9-4-5-12-19(16)15-7-2-1-3-8-15/h1-13,20H,14H2. The first-order valence-corrected chi connectivity index (χ1v) is 7.89. The lowest BCUT2D eigenvalue weighted by Gasteiger charge is -2.09. The molecule has 0 amide bonds. The Bertz CT molecular complexity index is 722. The third-order valence-corrected chi connectivity index (χ3v) is 4.37. The zero-order chi connectivity index (χ0) is 14.5. The Labute approximate surface area is 129 Å². The van der Waals surface area contributed by atoms with Crippen LogP contribution in [0.2, 0.25) is 0 Å². The van der Waals surface area contributed by atoms with Gasteiger partial charge in [0.1, 0.15) is 0 Å². The number of thioether (sulfide) groups is 1. The maximum Gasteiger partial charge on any atom is 0.0551 e. The predicted octanol–water partition coefficient (Wildman–Crippen LogP) is 5.56. The van der Waals surface area contributed by atoms with Gasteiger partial charge < -0.3 is 5.73 Å². The molecule has 21 heavy (non-hydrogen) atoms. The third-order valence-electron chi connectivity index (χ3n) is 3.33. The fourth-order valence-electron chi connectivity index (χ4n) is 2.29. The van der Waals surface area contributed by atoms with Crippen molar-refractivity contribution in [2.24, 2.45) is 0 Å². The molecule has 1 nitrogen and oxygen atoms in total. The van der Waals surface area contributed by atoms with Gasteiger partial charge >= 0.3 is 0 Å². The van der Waals surface area contributed by atoms with E-state index in [1.807, 2.05) is 24.3 Å². The summed E-state index contributed by atoms with van der Waals surface area (Å²) in [5.74, 6) is 0.911. The highest BCUT2D eigenvalue weighted by atomic mass is 32.2. The molecule has 103 valence electrons. The van der Waals surface area contributed by atoms with Crippen LogP contribution < -0.4 is 5.73 Å². The Hall–Kier alpha value is -2.19. The fraction of sp³-hybridized carbons (Fsp3) is 0.0526. The van der Waals surface area contributed by atoms with Gasteiger partial charge in [0.2, 0.25) is 0 Å². The monoisotopic (exact) mass is 290 g/mol. The molecule has 1 radical (unpaired) electrons. The average molecular weight is 290 g/mol. The smallest absolute Gasteiger partial charge is 0.0551 e. The van der Waals surface area contributed by atoms with Crippen molar-refractivity contribution in [1.82, 2.24) is 5.73 Å². The van der Waals surface area contributed by atoms with Crippen molar-refractivity contribution in [3.63, 3.8) is 0 Å². The van der Waals surface area contributed by atoms with Crippen LogP contribution in [0.15, 0.2) is 83.8 Å². The molecule has 1 N–H and O–H groups in total. The van der Waals surface area contributed by atoms with Gasteiger partial charge in [-0.1, -0.05) is 60.7 Å². The highest BCUT2D eigenvalue weighted by Crippen LogP contribution is 2.30. The number of nitrogens with one attached hydrogen (secondary N) is 1. The number of benzene rings is 3. The van der Waals surface area contributed by atoms with E-state index in [2.05, 4.69) is 54.6 Å². The topological polar surface area (TPSA) is 23.8 Å². The van der Waals surface area contributed by atoms with E-state index in [1.165, 1.54) is 16.7 Å². The van der Waals surface area contributed by atoms with Crippen LogP contribution in [0.1, 0.15) is 5.56 Å². The first kappa shape index (κ1) is 13.8. The van der Waals surface area contributed by atoms with Crippen LogP contribution in [0.5, 0.6) is 0 Å². The molecule has 0 spiro atoms. The summed E-state index contributed by atoms with van der Waals surface area (Å²) in [5.41, 5.74) is 12.1. The van der Waals surface area contributed by atoms with E-state index in [9.17, 15) is 0 Å². The van der Waals surface area contributed by atoms with Crippen LogP contribution in [0.3, 0.4) is 0 Å². The summed E-state index contributed by atoms with van der Waals surface area (Å²) >= 11 is 1.78. The quantitative estimate of drug-likeness (QED) is 0.577. The minimum Gasteiger partial charge on any atom is -0.301 e. The van der Waals surface area contributed by atoms with Crippen LogP contribution >= 0.6 is 11.8 Å². The molecule has 3 rings (SSSR count). The summed E-state index contributed by atoms with van der Waals surface area (Å²) in [6.45, 7) is 0. The van der Waals surface area contributed by atoms with Gasteiger partial charge in [0, 0.05) is 10.6 Å². The summed E-state index contributed by atoms with van der Waals surface area (Å²) in [6.07, 6.45) is 0. The van der Waals surface area contributed by atoms with Crippen molar-refractivity contribution >= 4 is 17.4 Å². The molecule has 0 atom stereocenters. The first-order valence-electron chi connectivity index (χ1n) is 6.91. The van der Waals surface area contributed by atoms with Crippen molar-refractivity contribution in [3.8, 4) is 11.1 Å².